The van der Waals surface area contributed by atoms with Gasteiger partial charge in [0.05, 0.1) is 12.7 Å². The summed E-state index contributed by atoms with van der Waals surface area (Å²) >= 11 is 0. The quantitative estimate of drug-likeness (QED) is 0.628. The zero-order valence-corrected chi connectivity index (χ0v) is 6.63. The van der Waals surface area contributed by atoms with E-state index in [0.29, 0.717) is 6.61 Å². The third-order valence-electron chi connectivity index (χ3n) is 1.57. The minimum Gasteiger partial charge on any atom is -0.391 e. The average Bonchev–Trinajstić information content (AvgIpc) is 2.10. The molecule has 11 heavy (non-hydrogen) atoms. The molecule has 0 bridgehead atoms. The van der Waals surface area contributed by atoms with E-state index in [0.717, 1.165) is 0 Å². The van der Waals surface area contributed by atoms with Crippen molar-refractivity contribution >= 4 is 0 Å². The summed E-state index contributed by atoms with van der Waals surface area (Å²) in [6, 6.07) is 0. The first-order valence-electron chi connectivity index (χ1n) is 3.51. The molecule has 1 fully saturated rings. The van der Waals surface area contributed by atoms with Crippen LogP contribution in [0.2, 0.25) is 0 Å². The molecule has 0 saturated carbocycles. The van der Waals surface area contributed by atoms with Crippen molar-refractivity contribution in [3.8, 4) is 0 Å². The second-order valence-corrected chi connectivity index (χ2v) is 3.11. The molecule has 1 aliphatic rings. The Hall–Kier alpha value is -0.120. The monoisotopic (exact) mass is 162 g/mol. The lowest BCUT2D eigenvalue weighted by Gasteiger charge is -2.17. The minimum atomic E-state index is -0.512. The molecule has 0 radical (unpaired) electrons. The smallest absolute Gasteiger partial charge is 0.163 e. The highest BCUT2D eigenvalue weighted by molar-refractivity contribution is 4.74. The van der Waals surface area contributed by atoms with Gasteiger partial charge in [0.1, 0.15) is 6.10 Å². The second kappa shape index (κ2) is 3.52. The number of hydrogen-bond donors (Lipinski definition) is 1. The number of hydrogen-bond acceptors (Lipinski definition) is 3. The Morgan fingerprint density at radius 1 is 1.55 bits per heavy atom. The van der Waals surface area contributed by atoms with Gasteiger partial charge in [-0.25, -0.2) is 0 Å². The van der Waals surface area contributed by atoms with Crippen molar-refractivity contribution in [3.05, 3.63) is 0 Å². The molecule has 3 nitrogen and oxygen atoms in total. The molecular weight excluding hydrogens is 144 g/mol. The number of aliphatic hydroxyl groups is 1. The van der Waals surface area contributed by atoms with E-state index >= 15 is 0 Å². The fourth-order valence-electron chi connectivity index (χ4n) is 0.953. The molecule has 68 valence electrons. The molecule has 2 atom stereocenters. The molecule has 3 heteroatoms. The van der Waals surface area contributed by atoms with Gasteiger partial charge in [0.25, 0.3) is 0 Å². The Bertz CT molecular complexity index is 121. The highest BCUT2D eigenvalue weighted by Gasteiger charge is 2.34. The Morgan fingerprint density at radius 2 is 2.09 bits per heavy atom. The number of aliphatic hydroxyl groups excluding tert-OH is 1. The summed E-state index contributed by atoms with van der Waals surface area (Å²) in [7, 11) is 0. The van der Waals surface area contributed by atoms with Crippen LogP contribution in [0.1, 0.15) is 28.2 Å². The van der Waals surface area contributed by atoms with E-state index in [9.17, 15) is 0 Å². The first-order valence-corrected chi connectivity index (χ1v) is 3.51. The zero-order valence-electron chi connectivity index (χ0n) is 6.63. The van der Waals surface area contributed by atoms with Crippen LogP contribution in [-0.2, 0) is 9.47 Å². The van der Waals surface area contributed by atoms with Crippen molar-refractivity contribution in [2.24, 2.45) is 0 Å². The van der Waals surface area contributed by atoms with E-state index in [2.05, 4.69) is 0 Å². The maximum absolute atomic E-state index is 9.08. The van der Waals surface area contributed by atoms with Gasteiger partial charge in [-0.2, -0.15) is 0 Å². The molecule has 1 saturated heterocycles. The van der Waals surface area contributed by atoms with Gasteiger partial charge in [0, 0.05) is 0 Å². The predicted molar refractivity (Wildman–Crippen MR) is 43.3 cm³/mol. The van der Waals surface area contributed by atoms with Gasteiger partial charge in [-0.05, 0) is 20.8 Å². The molecule has 1 aliphatic heterocycles. The Labute approximate surface area is 68.3 Å². The highest BCUT2D eigenvalue weighted by atomic mass is 16.7. The van der Waals surface area contributed by atoms with E-state index in [-0.39, 0.29) is 13.5 Å². The lowest BCUT2D eigenvalue weighted by atomic mass is 10.2. The van der Waals surface area contributed by atoms with Crippen molar-refractivity contribution < 1.29 is 14.6 Å². The number of rotatable bonds is 1. The van der Waals surface area contributed by atoms with Gasteiger partial charge < -0.3 is 14.6 Å². The molecule has 0 aromatic heterocycles. The Balaban J connectivity index is 0.000001000. The van der Waals surface area contributed by atoms with E-state index < -0.39 is 11.9 Å². The van der Waals surface area contributed by atoms with Crippen molar-refractivity contribution in [1.82, 2.24) is 0 Å². The SMILES string of the molecule is C.CC(O)C1COC(C)(C)O1. The largest absolute Gasteiger partial charge is 0.391 e. The van der Waals surface area contributed by atoms with Crippen molar-refractivity contribution in [2.75, 3.05) is 6.61 Å². The van der Waals surface area contributed by atoms with E-state index in [4.69, 9.17) is 14.6 Å². The van der Waals surface area contributed by atoms with Gasteiger partial charge in [-0.15, -0.1) is 0 Å². The molecule has 1 rings (SSSR count). The van der Waals surface area contributed by atoms with Gasteiger partial charge >= 0.3 is 0 Å². The topological polar surface area (TPSA) is 38.7 Å². The summed E-state index contributed by atoms with van der Waals surface area (Å²) in [4.78, 5) is 0. The van der Waals surface area contributed by atoms with Gasteiger partial charge in [-0.1, -0.05) is 7.43 Å². The van der Waals surface area contributed by atoms with Crippen LogP contribution in [0, 0.1) is 0 Å². The second-order valence-electron chi connectivity index (χ2n) is 3.11. The normalized spacial score (nSPS) is 31.1. The van der Waals surface area contributed by atoms with Crippen LogP contribution >= 0.6 is 0 Å². The lowest BCUT2D eigenvalue weighted by Crippen LogP contribution is -2.28. The molecule has 0 spiro atoms. The molecule has 0 amide bonds. The molecule has 1 heterocycles. The van der Waals surface area contributed by atoms with Gasteiger partial charge in [-0.3, -0.25) is 0 Å². The third-order valence-corrected chi connectivity index (χ3v) is 1.57. The zero-order chi connectivity index (χ0) is 7.78. The van der Waals surface area contributed by atoms with E-state index in [1.165, 1.54) is 0 Å². The molecule has 0 aliphatic carbocycles. The minimum absolute atomic E-state index is 0. The van der Waals surface area contributed by atoms with E-state index in [1.54, 1.807) is 6.92 Å². The Morgan fingerprint density at radius 3 is 2.27 bits per heavy atom. The van der Waals surface area contributed by atoms with Crippen molar-refractivity contribution in [2.45, 2.75) is 46.2 Å². The van der Waals surface area contributed by atoms with Crippen molar-refractivity contribution in [3.63, 3.8) is 0 Å². The highest BCUT2D eigenvalue weighted by Crippen LogP contribution is 2.23. The van der Waals surface area contributed by atoms with Gasteiger partial charge in [0.15, 0.2) is 5.79 Å². The van der Waals surface area contributed by atoms with Crippen LogP contribution in [0.5, 0.6) is 0 Å². The summed E-state index contributed by atoms with van der Waals surface area (Å²) < 4.78 is 10.6. The maximum Gasteiger partial charge on any atom is 0.163 e. The van der Waals surface area contributed by atoms with Gasteiger partial charge in [0.2, 0.25) is 0 Å². The lowest BCUT2D eigenvalue weighted by molar-refractivity contribution is -0.149. The van der Waals surface area contributed by atoms with Crippen LogP contribution in [0.25, 0.3) is 0 Å². The first-order chi connectivity index (χ1) is 4.51. The summed E-state index contributed by atoms with van der Waals surface area (Å²) in [6.45, 7) is 5.88. The third kappa shape index (κ3) is 2.77. The van der Waals surface area contributed by atoms with Crippen LogP contribution in [0.4, 0.5) is 0 Å². The van der Waals surface area contributed by atoms with Crippen molar-refractivity contribution in [1.29, 1.82) is 0 Å². The van der Waals surface area contributed by atoms with Crippen LogP contribution < -0.4 is 0 Å². The average molecular weight is 162 g/mol. The van der Waals surface area contributed by atoms with Crippen LogP contribution in [-0.4, -0.2) is 29.7 Å². The maximum atomic E-state index is 9.08. The fourth-order valence-corrected chi connectivity index (χ4v) is 0.953. The standard InChI is InChI=1S/C7H14O3.CH4/c1-5(8)6-4-9-7(2,3)10-6;/h5-6,8H,4H2,1-3H3;1H4. The molecular formula is C8H18O3. The van der Waals surface area contributed by atoms with E-state index in [1.807, 2.05) is 13.8 Å². The predicted octanol–water partition coefficient (Wildman–Crippen LogP) is 1.15. The van der Waals surface area contributed by atoms with Crippen LogP contribution in [0.3, 0.4) is 0 Å². The summed E-state index contributed by atoms with van der Waals surface area (Å²) in [6.07, 6.45) is -0.600. The molecule has 1 N–H and O–H groups in total. The fraction of sp³-hybridized carbons (Fsp3) is 1.00. The first kappa shape index (κ1) is 10.9. The Kier molecular flexibility index (Phi) is 3.48. The van der Waals surface area contributed by atoms with Crippen LogP contribution in [0.15, 0.2) is 0 Å². The summed E-state index contributed by atoms with van der Waals surface area (Å²) in [5, 5.41) is 9.08. The molecule has 2 unspecified atom stereocenters. The number of ether oxygens (including phenoxy) is 2. The summed E-state index contributed by atoms with van der Waals surface area (Å²) in [5.41, 5.74) is 0. The molecule has 0 aromatic carbocycles. The molecule has 0 aromatic rings. The summed E-state index contributed by atoms with van der Waals surface area (Å²) in [5.74, 6) is -0.512.